The predicted octanol–water partition coefficient (Wildman–Crippen LogP) is 3.80. The first kappa shape index (κ1) is 13.0. The van der Waals surface area contributed by atoms with Crippen molar-refractivity contribution in [2.45, 2.75) is 30.8 Å². The van der Waals surface area contributed by atoms with Crippen molar-refractivity contribution >= 4 is 29.3 Å². The Morgan fingerprint density at radius 1 is 1.35 bits per heavy atom. The van der Waals surface area contributed by atoms with Crippen LogP contribution in [0.25, 0.3) is 0 Å². The molecule has 0 radical (unpaired) electrons. The van der Waals surface area contributed by atoms with Crippen LogP contribution >= 0.6 is 23.5 Å². The van der Waals surface area contributed by atoms with Gasteiger partial charge in [0.2, 0.25) is 0 Å². The molecule has 0 aliphatic carbocycles. The molecule has 0 bridgehead atoms. The Hall–Kier alpha value is -0.410. The Morgan fingerprint density at radius 2 is 2.12 bits per heavy atom. The lowest BCUT2D eigenvalue weighted by Crippen LogP contribution is -2.32. The highest BCUT2D eigenvalue weighted by Gasteiger charge is 2.31. The van der Waals surface area contributed by atoms with E-state index in [2.05, 4.69) is 6.92 Å². The van der Waals surface area contributed by atoms with Crippen molar-refractivity contribution in [3.8, 4) is 0 Å². The molecule has 3 heteroatoms. The minimum absolute atomic E-state index is 0.153. The van der Waals surface area contributed by atoms with E-state index < -0.39 is 0 Å². The van der Waals surface area contributed by atoms with Crippen molar-refractivity contribution in [2.75, 3.05) is 11.5 Å². The van der Waals surface area contributed by atoms with E-state index in [0.29, 0.717) is 11.0 Å². The van der Waals surface area contributed by atoms with Crippen LogP contribution in [0.5, 0.6) is 0 Å². The summed E-state index contributed by atoms with van der Waals surface area (Å²) in [5.41, 5.74) is 2.04. The molecule has 2 atom stereocenters. The topological polar surface area (TPSA) is 17.1 Å². The zero-order chi connectivity index (χ0) is 12.3. The van der Waals surface area contributed by atoms with Crippen molar-refractivity contribution in [3.05, 3.63) is 35.4 Å². The average molecular weight is 266 g/mol. The van der Waals surface area contributed by atoms with E-state index in [-0.39, 0.29) is 5.25 Å². The summed E-state index contributed by atoms with van der Waals surface area (Å²) in [5.74, 6) is 2.60. The zero-order valence-electron chi connectivity index (χ0n) is 10.3. The molecule has 1 nitrogen and oxygen atoms in total. The molecule has 2 unspecified atom stereocenters. The minimum Gasteiger partial charge on any atom is -0.293 e. The van der Waals surface area contributed by atoms with Gasteiger partial charge >= 0.3 is 0 Å². The van der Waals surface area contributed by atoms with Gasteiger partial charge in [-0.25, -0.2) is 0 Å². The number of benzene rings is 1. The number of ketones is 1. The molecule has 1 fully saturated rings. The van der Waals surface area contributed by atoms with Gasteiger partial charge in [0.25, 0.3) is 0 Å². The Balaban J connectivity index is 2.18. The molecule has 0 saturated carbocycles. The van der Waals surface area contributed by atoms with Crippen LogP contribution in [0.15, 0.2) is 24.3 Å². The number of hydrogen-bond acceptors (Lipinski definition) is 3. The maximum absolute atomic E-state index is 12.5. The second kappa shape index (κ2) is 5.96. The van der Waals surface area contributed by atoms with Crippen LogP contribution in [0.3, 0.4) is 0 Å². The number of Topliss-reactive ketones (excluding diaryl/α,β-unsaturated/α-hetero) is 1. The summed E-state index contributed by atoms with van der Waals surface area (Å²) in [5, 5.41) is 0.641. The summed E-state index contributed by atoms with van der Waals surface area (Å²) < 4.78 is 0. The maximum Gasteiger partial charge on any atom is 0.176 e. The largest absolute Gasteiger partial charge is 0.293 e. The zero-order valence-corrected chi connectivity index (χ0v) is 11.9. The van der Waals surface area contributed by atoms with Gasteiger partial charge in [-0.2, -0.15) is 11.8 Å². The molecule has 1 heterocycles. The molecular weight excluding hydrogens is 248 g/mol. The molecule has 1 saturated heterocycles. The Morgan fingerprint density at radius 3 is 2.82 bits per heavy atom. The van der Waals surface area contributed by atoms with Crippen molar-refractivity contribution in [1.29, 1.82) is 0 Å². The van der Waals surface area contributed by atoms with Crippen LogP contribution in [0.1, 0.15) is 29.3 Å². The smallest absolute Gasteiger partial charge is 0.176 e. The molecule has 0 spiro atoms. The summed E-state index contributed by atoms with van der Waals surface area (Å²) in [4.78, 5) is 12.5. The Bertz CT molecular complexity index is 403. The number of hydrogen-bond donors (Lipinski definition) is 0. The van der Waals surface area contributed by atoms with Gasteiger partial charge in [-0.15, -0.1) is 11.8 Å². The fourth-order valence-corrected chi connectivity index (χ4v) is 5.13. The minimum atomic E-state index is 0.153. The first-order chi connectivity index (χ1) is 8.22. The third-order valence-corrected chi connectivity index (χ3v) is 6.26. The predicted molar refractivity (Wildman–Crippen MR) is 78.3 cm³/mol. The Kier molecular flexibility index (Phi) is 4.57. The standard InChI is InChI=1S/C14H18OS2/c1-3-12-14(17-8-7-16-12)13(15)11-6-4-5-10(2)9-11/h4-6,9,12,14H,3,7-8H2,1-2H3. The van der Waals surface area contributed by atoms with Crippen molar-refractivity contribution in [1.82, 2.24) is 0 Å². The molecule has 0 aromatic heterocycles. The van der Waals surface area contributed by atoms with Gasteiger partial charge in [-0.05, 0) is 19.4 Å². The number of carbonyl (C=O) groups is 1. The Labute approximate surface area is 112 Å². The molecule has 0 amide bonds. The SMILES string of the molecule is CCC1SCCSC1C(=O)c1cccc(C)c1. The lowest BCUT2D eigenvalue weighted by molar-refractivity contribution is 0.0988. The molecule has 1 aromatic carbocycles. The van der Waals surface area contributed by atoms with Gasteiger partial charge in [0.05, 0.1) is 5.25 Å². The fraction of sp³-hybridized carbons (Fsp3) is 0.500. The highest BCUT2D eigenvalue weighted by atomic mass is 32.2. The van der Waals surface area contributed by atoms with Crippen LogP contribution in [0.2, 0.25) is 0 Å². The van der Waals surface area contributed by atoms with E-state index in [1.54, 1.807) is 0 Å². The highest BCUT2D eigenvalue weighted by Crippen LogP contribution is 2.35. The molecule has 1 aliphatic heterocycles. The second-order valence-corrected chi connectivity index (χ2v) is 6.94. The van der Waals surface area contributed by atoms with E-state index in [1.165, 1.54) is 5.75 Å². The van der Waals surface area contributed by atoms with Gasteiger partial charge in [-0.1, -0.05) is 30.7 Å². The second-order valence-electron chi connectivity index (χ2n) is 4.34. The first-order valence-corrected chi connectivity index (χ1v) is 8.16. The molecular formula is C14H18OS2. The summed E-state index contributed by atoms with van der Waals surface area (Å²) >= 11 is 3.79. The monoisotopic (exact) mass is 266 g/mol. The highest BCUT2D eigenvalue weighted by molar-refractivity contribution is 8.07. The molecule has 17 heavy (non-hydrogen) atoms. The number of thioether (sulfide) groups is 2. The molecule has 1 aliphatic rings. The van der Waals surface area contributed by atoms with Crippen LogP contribution in [-0.2, 0) is 0 Å². The number of carbonyl (C=O) groups excluding carboxylic acids is 1. The van der Waals surface area contributed by atoms with Crippen LogP contribution in [0.4, 0.5) is 0 Å². The first-order valence-electron chi connectivity index (χ1n) is 6.06. The summed E-state index contributed by atoms with van der Waals surface area (Å²) in [6, 6.07) is 7.97. The fourth-order valence-electron chi connectivity index (χ4n) is 2.11. The van der Waals surface area contributed by atoms with E-state index in [0.717, 1.165) is 23.3 Å². The molecule has 1 aromatic rings. The third kappa shape index (κ3) is 3.08. The number of aryl methyl sites for hydroxylation is 1. The number of rotatable bonds is 3. The summed E-state index contributed by atoms with van der Waals surface area (Å²) in [7, 11) is 0. The normalized spacial score (nSPS) is 24.6. The lowest BCUT2D eigenvalue weighted by Gasteiger charge is -2.28. The summed E-state index contributed by atoms with van der Waals surface area (Å²) in [6.45, 7) is 4.22. The summed E-state index contributed by atoms with van der Waals surface area (Å²) in [6.07, 6.45) is 1.08. The van der Waals surface area contributed by atoms with Crippen molar-refractivity contribution in [2.24, 2.45) is 0 Å². The van der Waals surface area contributed by atoms with E-state index in [1.807, 2.05) is 54.7 Å². The van der Waals surface area contributed by atoms with Gasteiger partial charge in [0.15, 0.2) is 5.78 Å². The van der Waals surface area contributed by atoms with Crippen LogP contribution < -0.4 is 0 Å². The van der Waals surface area contributed by atoms with Crippen molar-refractivity contribution in [3.63, 3.8) is 0 Å². The van der Waals surface area contributed by atoms with E-state index >= 15 is 0 Å². The average Bonchev–Trinajstić information content (AvgIpc) is 2.38. The molecule has 0 N–H and O–H groups in total. The van der Waals surface area contributed by atoms with E-state index in [4.69, 9.17) is 0 Å². The van der Waals surface area contributed by atoms with E-state index in [9.17, 15) is 4.79 Å². The quantitative estimate of drug-likeness (QED) is 0.775. The van der Waals surface area contributed by atoms with Crippen molar-refractivity contribution < 1.29 is 4.79 Å². The van der Waals surface area contributed by atoms with Gasteiger partial charge in [0.1, 0.15) is 0 Å². The van der Waals surface area contributed by atoms with Crippen LogP contribution in [-0.4, -0.2) is 27.8 Å². The van der Waals surface area contributed by atoms with Gasteiger partial charge in [-0.3, -0.25) is 4.79 Å². The van der Waals surface area contributed by atoms with Crippen LogP contribution in [0, 0.1) is 6.92 Å². The lowest BCUT2D eigenvalue weighted by atomic mass is 10.0. The van der Waals surface area contributed by atoms with Gasteiger partial charge < -0.3 is 0 Å². The third-order valence-electron chi connectivity index (χ3n) is 3.01. The molecule has 2 rings (SSSR count). The van der Waals surface area contributed by atoms with Gasteiger partial charge in [0, 0.05) is 22.3 Å². The molecule has 92 valence electrons. The maximum atomic E-state index is 12.5.